The molecular weight excluding hydrogens is 436 g/mol. The van der Waals surface area contributed by atoms with E-state index >= 15 is 0 Å². The summed E-state index contributed by atoms with van der Waals surface area (Å²) in [5, 5.41) is 5.43. The standard InChI is InChI=1S/C25H31ClN6O/c1-18(2)29-11-13-30(14-12-29)25(33)20-6-4-9-31(17-20)24-23-16-22(28-32(23)10-8-27-24)19-5-3-7-21(26)15-19/h3,5,7-8,10,15-16,18,20H,4,6,9,11-14,17H2,1-2H3/t20-/m0/s1. The second kappa shape index (κ2) is 9.31. The van der Waals surface area contributed by atoms with Crippen molar-refractivity contribution in [2.75, 3.05) is 44.2 Å². The normalized spacial score (nSPS) is 20.1. The SMILES string of the molecule is CC(C)N1CCN(C(=O)[C@H]2CCCN(c3nccn4nc(-c5cccc(Cl)c5)cc34)C2)CC1. The molecule has 1 aromatic carbocycles. The monoisotopic (exact) mass is 466 g/mol. The van der Waals surface area contributed by atoms with Gasteiger partial charge in [0, 0.05) is 68.3 Å². The number of aromatic nitrogens is 3. The Bertz CT molecular complexity index is 1140. The van der Waals surface area contributed by atoms with Crippen molar-refractivity contribution in [3.63, 3.8) is 0 Å². The summed E-state index contributed by atoms with van der Waals surface area (Å²) in [7, 11) is 0. The van der Waals surface area contributed by atoms with Crippen molar-refractivity contribution in [2.24, 2.45) is 5.92 Å². The van der Waals surface area contributed by atoms with Gasteiger partial charge in [-0.25, -0.2) is 9.50 Å². The number of hydrogen-bond acceptors (Lipinski definition) is 5. The molecule has 0 unspecified atom stereocenters. The van der Waals surface area contributed by atoms with Crippen molar-refractivity contribution in [1.29, 1.82) is 0 Å². The maximum absolute atomic E-state index is 13.3. The Labute approximate surface area is 199 Å². The fourth-order valence-corrected chi connectivity index (χ4v) is 5.22. The van der Waals surface area contributed by atoms with Crippen LogP contribution in [0.5, 0.6) is 0 Å². The highest BCUT2D eigenvalue weighted by Crippen LogP contribution is 2.30. The number of piperidine rings is 1. The molecule has 33 heavy (non-hydrogen) atoms. The van der Waals surface area contributed by atoms with Gasteiger partial charge in [-0.2, -0.15) is 5.10 Å². The summed E-state index contributed by atoms with van der Waals surface area (Å²) in [6.07, 6.45) is 5.58. The highest BCUT2D eigenvalue weighted by atomic mass is 35.5. The Balaban J connectivity index is 1.34. The molecular formula is C25H31ClN6O. The second-order valence-corrected chi connectivity index (χ2v) is 9.80. The summed E-state index contributed by atoms with van der Waals surface area (Å²) >= 11 is 6.19. The number of amides is 1. The van der Waals surface area contributed by atoms with E-state index in [1.54, 1.807) is 6.20 Å². The van der Waals surface area contributed by atoms with Gasteiger partial charge in [-0.05, 0) is 44.9 Å². The molecule has 2 aromatic heterocycles. The van der Waals surface area contributed by atoms with Crippen molar-refractivity contribution in [1.82, 2.24) is 24.4 Å². The summed E-state index contributed by atoms with van der Waals surface area (Å²) in [5.41, 5.74) is 2.79. The van der Waals surface area contributed by atoms with Crippen LogP contribution in [0.3, 0.4) is 0 Å². The molecule has 7 nitrogen and oxygen atoms in total. The summed E-state index contributed by atoms with van der Waals surface area (Å²) < 4.78 is 1.87. The maximum atomic E-state index is 13.3. The van der Waals surface area contributed by atoms with E-state index in [-0.39, 0.29) is 5.92 Å². The van der Waals surface area contributed by atoms with Gasteiger partial charge >= 0.3 is 0 Å². The molecule has 0 N–H and O–H groups in total. The molecule has 3 aromatic rings. The number of fused-ring (bicyclic) bond motifs is 1. The number of benzene rings is 1. The van der Waals surface area contributed by atoms with Crippen LogP contribution in [-0.4, -0.2) is 75.6 Å². The van der Waals surface area contributed by atoms with E-state index < -0.39 is 0 Å². The fraction of sp³-hybridized carbons (Fsp3) is 0.480. The highest BCUT2D eigenvalue weighted by Gasteiger charge is 2.32. The van der Waals surface area contributed by atoms with Gasteiger partial charge in [0.15, 0.2) is 5.82 Å². The Kier molecular flexibility index (Phi) is 6.25. The third kappa shape index (κ3) is 4.57. The van der Waals surface area contributed by atoms with Crippen LogP contribution in [0.25, 0.3) is 16.8 Å². The molecule has 0 spiro atoms. The molecule has 1 amide bonds. The molecule has 4 heterocycles. The van der Waals surface area contributed by atoms with E-state index in [0.717, 1.165) is 68.2 Å². The molecule has 0 bridgehead atoms. The van der Waals surface area contributed by atoms with Crippen molar-refractivity contribution in [2.45, 2.75) is 32.7 Å². The van der Waals surface area contributed by atoms with Gasteiger partial charge in [-0.3, -0.25) is 9.69 Å². The zero-order valence-corrected chi connectivity index (χ0v) is 20.1. The van der Waals surface area contributed by atoms with Gasteiger partial charge in [0.1, 0.15) is 5.52 Å². The lowest BCUT2D eigenvalue weighted by Crippen LogP contribution is -2.53. The first kappa shape index (κ1) is 22.2. The van der Waals surface area contributed by atoms with Gasteiger partial charge < -0.3 is 9.80 Å². The molecule has 0 aliphatic carbocycles. The van der Waals surface area contributed by atoms with Crippen molar-refractivity contribution >= 4 is 28.8 Å². The molecule has 174 valence electrons. The molecule has 0 saturated carbocycles. The first-order valence-corrected chi connectivity index (χ1v) is 12.3. The lowest BCUT2D eigenvalue weighted by Gasteiger charge is -2.40. The first-order valence-electron chi connectivity index (χ1n) is 11.9. The highest BCUT2D eigenvalue weighted by molar-refractivity contribution is 6.30. The number of piperazine rings is 1. The molecule has 0 radical (unpaired) electrons. The lowest BCUT2D eigenvalue weighted by molar-refractivity contribution is -0.137. The van der Waals surface area contributed by atoms with E-state index in [0.29, 0.717) is 23.5 Å². The number of nitrogens with zero attached hydrogens (tertiary/aromatic N) is 6. The molecule has 2 aliphatic heterocycles. The van der Waals surface area contributed by atoms with E-state index in [2.05, 4.69) is 34.6 Å². The van der Waals surface area contributed by atoms with Crippen LogP contribution in [0.2, 0.25) is 5.02 Å². The van der Waals surface area contributed by atoms with Crippen LogP contribution < -0.4 is 4.90 Å². The van der Waals surface area contributed by atoms with Gasteiger partial charge in [0.2, 0.25) is 5.91 Å². The Morgan fingerprint density at radius 3 is 2.70 bits per heavy atom. The average Bonchev–Trinajstić information content (AvgIpc) is 3.28. The third-order valence-electron chi connectivity index (χ3n) is 6.92. The number of carbonyl (C=O) groups is 1. The quantitative estimate of drug-likeness (QED) is 0.585. The van der Waals surface area contributed by atoms with Gasteiger partial charge in [-0.1, -0.05) is 23.7 Å². The predicted molar refractivity (Wildman–Crippen MR) is 132 cm³/mol. The van der Waals surface area contributed by atoms with Crippen molar-refractivity contribution < 1.29 is 4.79 Å². The predicted octanol–water partition coefficient (Wildman–Crippen LogP) is 3.82. The smallest absolute Gasteiger partial charge is 0.227 e. The van der Waals surface area contributed by atoms with Gasteiger partial charge in [0.05, 0.1) is 11.6 Å². The van der Waals surface area contributed by atoms with Crippen LogP contribution in [0.1, 0.15) is 26.7 Å². The number of carbonyl (C=O) groups excluding carboxylic acids is 1. The summed E-state index contributed by atoms with van der Waals surface area (Å²) in [4.78, 5) is 24.8. The largest absolute Gasteiger partial charge is 0.354 e. The minimum absolute atomic E-state index is 0.0155. The fourth-order valence-electron chi connectivity index (χ4n) is 5.03. The number of halogens is 1. The zero-order chi connectivity index (χ0) is 22.9. The van der Waals surface area contributed by atoms with Gasteiger partial charge in [0.25, 0.3) is 0 Å². The maximum Gasteiger partial charge on any atom is 0.227 e. The molecule has 1 atom stereocenters. The number of anilines is 1. The van der Waals surface area contributed by atoms with E-state index in [9.17, 15) is 4.79 Å². The van der Waals surface area contributed by atoms with Crippen LogP contribution in [0.4, 0.5) is 5.82 Å². The van der Waals surface area contributed by atoms with Crippen molar-refractivity contribution in [3.8, 4) is 11.3 Å². The molecule has 2 fully saturated rings. The zero-order valence-electron chi connectivity index (χ0n) is 19.3. The Hall–Kier alpha value is -2.64. The first-order chi connectivity index (χ1) is 16.0. The van der Waals surface area contributed by atoms with Crippen LogP contribution in [0.15, 0.2) is 42.7 Å². The minimum Gasteiger partial charge on any atom is -0.354 e. The number of hydrogen-bond donors (Lipinski definition) is 0. The van der Waals surface area contributed by atoms with Crippen LogP contribution >= 0.6 is 11.6 Å². The second-order valence-electron chi connectivity index (χ2n) is 9.36. The molecule has 2 aliphatic rings. The van der Waals surface area contributed by atoms with E-state index in [1.807, 2.05) is 35.0 Å². The lowest BCUT2D eigenvalue weighted by atomic mass is 9.96. The minimum atomic E-state index is 0.0155. The summed E-state index contributed by atoms with van der Waals surface area (Å²) in [5.74, 6) is 1.20. The van der Waals surface area contributed by atoms with Crippen LogP contribution in [-0.2, 0) is 4.79 Å². The molecule has 2 saturated heterocycles. The average molecular weight is 467 g/mol. The molecule has 8 heteroatoms. The number of rotatable bonds is 4. The van der Waals surface area contributed by atoms with Crippen LogP contribution in [0, 0.1) is 5.92 Å². The Morgan fingerprint density at radius 1 is 1.12 bits per heavy atom. The Morgan fingerprint density at radius 2 is 1.94 bits per heavy atom. The topological polar surface area (TPSA) is 57.0 Å². The van der Waals surface area contributed by atoms with Gasteiger partial charge in [-0.15, -0.1) is 0 Å². The molecule has 5 rings (SSSR count). The summed E-state index contributed by atoms with van der Waals surface area (Å²) in [6.45, 7) is 9.62. The van der Waals surface area contributed by atoms with E-state index in [1.165, 1.54) is 0 Å². The van der Waals surface area contributed by atoms with E-state index in [4.69, 9.17) is 21.7 Å². The summed E-state index contributed by atoms with van der Waals surface area (Å²) in [6, 6.07) is 10.3. The third-order valence-corrected chi connectivity index (χ3v) is 7.15. The van der Waals surface area contributed by atoms with Crippen molar-refractivity contribution in [3.05, 3.63) is 47.7 Å².